The molecule has 2 aromatic heterocycles. The van der Waals surface area contributed by atoms with Crippen LogP contribution in [0.15, 0.2) is 83.3 Å². The Labute approximate surface area is 188 Å². The fraction of sp³-hybridized carbons (Fsp3) is 0.0476. The summed E-state index contributed by atoms with van der Waals surface area (Å²) in [6.45, 7) is 0.499. The van der Waals surface area contributed by atoms with Crippen molar-refractivity contribution in [2.24, 2.45) is 0 Å². The maximum Gasteiger partial charge on any atom is 0.272 e. The standard InChI is InChI=1S/C21H17ClN4O3S2/c22-16-8-6-15(7-9-16)14-26-11-2-5-19(26)20(27)24-17-3-1-4-18(13-17)31(28,29)25-21-23-10-12-30-21/h1-13H,14H2,(H,23,25)(H,24,27). The second-order valence-electron chi connectivity index (χ2n) is 6.57. The van der Waals surface area contributed by atoms with Crippen LogP contribution >= 0.6 is 22.9 Å². The topological polar surface area (TPSA) is 93.1 Å². The van der Waals surface area contributed by atoms with E-state index in [9.17, 15) is 13.2 Å². The van der Waals surface area contributed by atoms with Crippen molar-refractivity contribution in [2.45, 2.75) is 11.4 Å². The normalized spacial score (nSPS) is 11.3. The molecular formula is C21H17ClN4O3S2. The van der Waals surface area contributed by atoms with Crippen LogP contribution in [0.3, 0.4) is 0 Å². The third-order valence-corrected chi connectivity index (χ3v) is 6.79. The van der Waals surface area contributed by atoms with Gasteiger partial charge in [0.2, 0.25) is 0 Å². The highest BCUT2D eigenvalue weighted by Gasteiger charge is 2.17. The molecule has 10 heteroatoms. The Morgan fingerprint density at radius 2 is 1.90 bits per heavy atom. The van der Waals surface area contributed by atoms with Gasteiger partial charge < -0.3 is 9.88 Å². The largest absolute Gasteiger partial charge is 0.339 e. The Morgan fingerprint density at radius 3 is 2.65 bits per heavy atom. The molecule has 0 spiro atoms. The smallest absolute Gasteiger partial charge is 0.272 e. The molecule has 0 unspecified atom stereocenters. The van der Waals surface area contributed by atoms with Gasteiger partial charge in [0.1, 0.15) is 5.69 Å². The van der Waals surface area contributed by atoms with Crippen molar-refractivity contribution in [3.8, 4) is 0 Å². The lowest BCUT2D eigenvalue weighted by Crippen LogP contribution is -2.18. The monoisotopic (exact) mass is 472 g/mol. The zero-order valence-corrected chi connectivity index (χ0v) is 18.4. The van der Waals surface area contributed by atoms with Gasteiger partial charge in [-0.3, -0.25) is 9.52 Å². The fourth-order valence-corrected chi connectivity index (χ4v) is 4.89. The summed E-state index contributed by atoms with van der Waals surface area (Å²) in [7, 11) is -3.82. The summed E-state index contributed by atoms with van der Waals surface area (Å²) in [5.74, 6) is -0.346. The van der Waals surface area contributed by atoms with E-state index in [1.807, 2.05) is 22.9 Å². The molecule has 0 radical (unpaired) electrons. The Balaban J connectivity index is 1.50. The van der Waals surface area contributed by atoms with Crippen LogP contribution in [0.2, 0.25) is 5.02 Å². The van der Waals surface area contributed by atoms with E-state index in [1.165, 1.54) is 29.7 Å². The van der Waals surface area contributed by atoms with Gasteiger partial charge in [0.05, 0.1) is 4.90 Å². The first-order valence-corrected chi connectivity index (χ1v) is 11.9. The molecule has 0 aliphatic heterocycles. The Morgan fingerprint density at radius 1 is 1.10 bits per heavy atom. The van der Waals surface area contributed by atoms with Crippen molar-refractivity contribution in [2.75, 3.05) is 10.0 Å². The number of rotatable bonds is 7. The summed E-state index contributed by atoms with van der Waals surface area (Å²) < 4.78 is 29.4. The van der Waals surface area contributed by atoms with Crippen LogP contribution in [0.1, 0.15) is 16.1 Å². The highest BCUT2D eigenvalue weighted by Crippen LogP contribution is 2.21. The quantitative estimate of drug-likeness (QED) is 0.407. The number of amides is 1. The van der Waals surface area contributed by atoms with Crippen molar-refractivity contribution < 1.29 is 13.2 Å². The number of nitrogens with zero attached hydrogens (tertiary/aromatic N) is 2. The number of aromatic nitrogens is 2. The van der Waals surface area contributed by atoms with Crippen LogP contribution < -0.4 is 10.0 Å². The fourth-order valence-electron chi connectivity index (χ4n) is 2.93. The summed E-state index contributed by atoms with van der Waals surface area (Å²) >= 11 is 7.11. The van der Waals surface area contributed by atoms with E-state index in [2.05, 4.69) is 15.0 Å². The number of halogens is 1. The third kappa shape index (κ3) is 5.13. The third-order valence-electron chi connectivity index (χ3n) is 4.38. The predicted molar refractivity (Wildman–Crippen MR) is 122 cm³/mol. The van der Waals surface area contributed by atoms with Gasteiger partial charge in [0.25, 0.3) is 15.9 Å². The molecule has 0 atom stereocenters. The zero-order chi connectivity index (χ0) is 21.8. The summed E-state index contributed by atoms with van der Waals surface area (Å²) in [5.41, 5.74) is 1.81. The second-order valence-corrected chi connectivity index (χ2v) is 9.59. The van der Waals surface area contributed by atoms with Crippen LogP contribution in [0, 0.1) is 0 Å². The lowest BCUT2D eigenvalue weighted by molar-refractivity contribution is 0.101. The van der Waals surface area contributed by atoms with Crippen LogP contribution in [-0.4, -0.2) is 23.9 Å². The van der Waals surface area contributed by atoms with E-state index in [0.29, 0.717) is 22.9 Å². The molecule has 0 saturated carbocycles. The Kier molecular flexibility index (Phi) is 6.08. The molecule has 0 aliphatic rings. The highest BCUT2D eigenvalue weighted by molar-refractivity contribution is 7.93. The number of hydrogen-bond acceptors (Lipinski definition) is 5. The number of anilines is 2. The Bertz CT molecular complexity index is 1300. The lowest BCUT2D eigenvalue weighted by atomic mass is 10.2. The van der Waals surface area contributed by atoms with Gasteiger partial charge in [0.15, 0.2) is 5.13 Å². The number of carbonyl (C=O) groups excluding carboxylic acids is 1. The molecule has 0 saturated heterocycles. The summed E-state index contributed by atoms with van der Waals surface area (Å²) in [6, 6.07) is 16.9. The first-order valence-electron chi connectivity index (χ1n) is 9.14. The maximum atomic E-state index is 12.8. The van der Waals surface area contributed by atoms with Crippen molar-refractivity contribution in [1.29, 1.82) is 0 Å². The van der Waals surface area contributed by atoms with Gasteiger partial charge in [-0.25, -0.2) is 13.4 Å². The second kappa shape index (κ2) is 8.93. The van der Waals surface area contributed by atoms with Crippen LogP contribution in [0.4, 0.5) is 10.8 Å². The highest BCUT2D eigenvalue weighted by atomic mass is 35.5. The number of nitrogens with one attached hydrogen (secondary N) is 2. The number of hydrogen-bond donors (Lipinski definition) is 2. The molecule has 2 aromatic carbocycles. The van der Waals surface area contributed by atoms with Crippen molar-refractivity contribution >= 4 is 49.7 Å². The van der Waals surface area contributed by atoms with Gasteiger partial charge in [-0.05, 0) is 48.0 Å². The molecule has 0 fully saturated rings. The Hall–Kier alpha value is -3.14. The number of thiazole rings is 1. The first kappa shape index (κ1) is 21.1. The van der Waals surface area contributed by atoms with Crippen molar-refractivity contribution in [1.82, 2.24) is 9.55 Å². The molecule has 0 aliphatic carbocycles. The SMILES string of the molecule is O=C(Nc1cccc(S(=O)(=O)Nc2nccs2)c1)c1cccn1Cc1ccc(Cl)cc1. The summed E-state index contributed by atoms with van der Waals surface area (Å²) in [4.78, 5) is 16.8. The minimum Gasteiger partial charge on any atom is -0.339 e. The van der Waals surface area contributed by atoms with Gasteiger partial charge in [-0.1, -0.05) is 29.8 Å². The zero-order valence-electron chi connectivity index (χ0n) is 16.0. The molecule has 2 heterocycles. The average Bonchev–Trinajstić information content (AvgIpc) is 3.42. The van der Waals surface area contributed by atoms with Gasteiger partial charge in [-0.2, -0.15) is 0 Å². The number of sulfonamides is 1. The van der Waals surface area contributed by atoms with Crippen LogP contribution in [-0.2, 0) is 16.6 Å². The number of carbonyl (C=O) groups is 1. The maximum absolute atomic E-state index is 12.8. The van der Waals surface area contributed by atoms with Crippen LogP contribution in [0.5, 0.6) is 0 Å². The van der Waals surface area contributed by atoms with E-state index >= 15 is 0 Å². The van der Waals surface area contributed by atoms with E-state index < -0.39 is 10.0 Å². The van der Waals surface area contributed by atoms with E-state index in [0.717, 1.165) is 5.56 Å². The first-order chi connectivity index (χ1) is 14.9. The average molecular weight is 473 g/mol. The molecule has 2 N–H and O–H groups in total. The van der Waals surface area contributed by atoms with Gasteiger partial charge >= 0.3 is 0 Å². The summed E-state index contributed by atoms with van der Waals surface area (Å²) in [6.07, 6.45) is 3.32. The van der Waals surface area contributed by atoms with Gasteiger partial charge in [-0.15, -0.1) is 11.3 Å². The van der Waals surface area contributed by atoms with Gasteiger partial charge in [0, 0.05) is 35.0 Å². The van der Waals surface area contributed by atoms with E-state index in [-0.39, 0.29) is 15.9 Å². The van der Waals surface area contributed by atoms with Crippen LogP contribution in [0.25, 0.3) is 0 Å². The lowest BCUT2D eigenvalue weighted by Gasteiger charge is -2.11. The molecule has 1 amide bonds. The molecule has 0 bridgehead atoms. The van der Waals surface area contributed by atoms with Crippen molar-refractivity contribution in [3.63, 3.8) is 0 Å². The van der Waals surface area contributed by atoms with Crippen molar-refractivity contribution in [3.05, 3.63) is 94.7 Å². The molecule has 4 aromatic rings. The predicted octanol–water partition coefficient (Wildman–Crippen LogP) is 4.70. The van der Waals surface area contributed by atoms with E-state index in [4.69, 9.17) is 11.6 Å². The minimum absolute atomic E-state index is 0.0250. The van der Waals surface area contributed by atoms with E-state index in [1.54, 1.807) is 41.8 Å². The molecular weight excluding hydrogens is 456 g/mol. The molecule has 158 valence electrons. The number of benzene rings is 2. The minimum atomic E-state index is -3.82. The molecule has 7 nitrogen and oxygen atoms in total. The molecule has 31 heavy (non-hydrogen) atoms. The molecule has 4 rings (SSSR count). The summed E-state index contributed by atoms with van der Waals surface area (Å²) in [5, 5.41) is 5.36.